The van der Waals surface area contributed by atoms with Gasteiger partial charge in [0.1, 0.15) is 33.5 Å². The van der Waals surface area contributed by atoms with Gasteiger partial charge in [0.25, 0.3) is 0 Å². The molecule has 8 nitrogen and oxygen atoms in total. The summed E-state index contributed by atoms with van der Waals surface area (Å²) in [5, 5.41) is 23.4. The van der Waals surface area contributed by atoms with E-state index in [1.54, 1.807) is 12.1 Å². The molecule has 198 valence electrons. The minimum absolute atomic E-state index is 0.0273. The van der Waals surface area contributed by atoms with E-state index in [0.29, 0.717) is 38.9 Å². The molecule has 0 spiro atoms. The molecule has 0 fully saturated rings. The van der Waals surface area contributed by atoms with E-state index in [-0.39, 0.29) is 29.3 Å². The molecular formula is C30H23N5O3S2. The monoisotopic (exact) mass is 565 g/mol. The number of thioether (sulfide) groups is 1. The van der Waals surface area contributed by atoms with Gasteiger partial charge < -0.3 is 15.8 Å². The van der Waals surface area contributed by atoms with Crippen molar-refractivity contribution in [1.29, 1.82) is 10.5 Å². The number of ether oxygens (including phenoxy) is 1. The van der Waals surface area contributed by atoms with E-state index in [1.807, 2.05) is 36.4 Å². The SMILES string of the molecule is COC(=O)c1c(NC(=O)CCSc2nc(N)c(C#N)c(-c3ccccc3)c2C#N)sc2c1CCc1ccccc1-2. The van der Waals surface area contributed by atoms with Gasteiger partial charge in [-0.1, -0.05) is 54.6 Å². The van der Waals surface area contributed by atoms with Crippen LogP contribution < -0.4 is 11.1 Å². The zero-order valence-electron chi connectivity index (χ0n) is 21.5. The Kier molecular flexibility index (Phi) is 7.83. The first-order valence-electron chi connectivity index (χ1n) is 12.4. The number of nitriles is 2. The standard InChI is InChI=1S/C30H23N5O3S2/c1-38-30(37)25-20-12-11-17-7-5-6-10-19(17)26(20)40-29(25)34-23(36)13-14-39-28-22(16-32)24(18-8-3-2-4-9-18)21(15-31)27(33)35-28/h2-10H,11-14H2,1H3,(H2,33,35)(H,34,36). The normalized spacial score (nSPS) is 11.5. The summed E-state index contributed by atoms with van der Waals surface area (Å²) < 4.78 is 5.05. The predicted octanol–water partition coefficient (Wildman–Crippen LogP) is 5.81. The molecule has 40 heavy (non-hydrogen) atoms. The van der Waals surface area contributed by atoms with Crippen LogP contribution in [0.4, 0.5) is 10.8 Å². The molecule has 0 bridgehead atoms. The number of benzene rings is 2. The maximum Gasteiger partial charge on any atom is 0.341 e. The second-order valence-corrected chi connectivity index (χ2v) is 11.0. The number of carbonyl (C=O) groups excluding carboxylic acids is 2. The fourth-order valence-electron chi connectivity index (χ4n) is 4.77. The first kappa shape index (κ1) is 26.9. The molecule has 4 aromatic rings. The lowest BCUT2D eigenvalue weighted by Crippen LogP contribution is -2.15. The molecule has 2 aromatic carbocycles. The Morgan fingerprint density at radius 3 is 2.52 bits per heavy atom. The second-order valence-electron chi connectivity index (χ2n) is 8.93. The molecule has 5 rings (SSSR count). The maximum atomic E-state index is 13.0. The topological polar surface area (TPSA) is 142 Å². The van der Waals surface area contributed by atoms with Crippen LogP contribution in [-0.4, -0.2) is 29.7 Å². The van der Waals surface area contributed by atoms with Crippen LogP contribution in [0.25, 0.3) is 21.6 Å². The second kappa shape index (κ2) is 11.6. The van der Waals surface area contributed by atoms with Crippen molar-refractivity contribution in [3.8, 4) is 33.7 Å². The molecule has 0 saturated heterocycles. The summed E-state index contributed by atoms with van der Waals surface area (Å²) in [4.78, 5) is 31.0. The van der Waals surface area contributed by atoms with Crippen LogP contribution in [0, 0.1) is 22.7 Å². The van der Waals surface area contributed by atoms with Gasteiger partial charge in [0.2, 0.25) is 5.91 Å². The lowest BCUT2D eigenvalue weighted by Gasteiger charge is -2.16. The van der Waals surface area contributed by atoms with Crippen LogP contribution in [0.5, 0.6) is 0 Å². The smallest absolute Gasteiger partial charge is 0.341 e. The van der Waals surface area contributed by atoms with Gasteiger partial charge in [-0.05, 0) is 35.1 Å². The molecular weight excluding hydrogens is 542 g/mol. The summed E-state index contributed by atoms with van der Waals surface area (Å²) in [5.74, 6) is -0.437. The number of nitrogens with two attached hydrogens (primary N) is 1. The van der Waals surface area contributed by atoms with Crippen molar-refractivity contribution in [1.82, 2.24) is 4.98 Å². The van der Waals surface area contributed by atoms with E-state index in [0.717, 1.165) is 22.4 Å². The van der Waals surface area contributed by atoms with Crippen molar-refractivity contribution in [2.75, 3.05) is 23.9 Å². The van der Waals surface area contributed by atoms with E-state index in [1.165, 1.54) is 35.8 Å². The van der Waals surface area contributed by atoms with Crippen molar-refractivity contribution in [3.05, 3.63) is 82.4 Å². The zero-order chi connectivity index (χ0) is 28.2. The number of rotatable bonds is 7. The van der Waals surface area contributed by atoms with Gasteiger partial charge in [-0.3, -0.25) is 4.79 Å². The number of hydrogen-bond donors (Lipinski definition) is 2. The van der Waals surface area contributed by atoms with Gasteiger partial charge >= 0.3 is 5.97 Å². The molecule has 1 amide bonds. The fourth-order valence-corrected chi connectivity index (χ4v) is 7.02. The maximum absolute atomic E-state index is 13.0. The number of esters is 1. The number of nitrogens with one attached hydrogen (secondary N) is 1. The average molecular weight is 566 g/mol. The highest BCUT2D eigenvalue weighted by Gasteiger charge is 2.29. The number of amides is 1. The van der Waals surface area contributed by atoms with Crippen LogP contribution in [0.1, 0.15) is 39.0 Å². The lowest BCUT2D eigenvalue weighted by molar-refractivity contribution is -0.115. The molecule has 0 unspecified atom stereocenters. The van der Waals surface area contributed by atoms with Gasteiger partial charge in [0, 0.05) is 22.6 Å². The number of aromatic nitrogens is 1. The van der Waals surface area contributed by atoms with Gasteiger partial charge in [-0.15, -0.1) is 23.1 Å². The Bertz CT molecular complexity index is 1720. The van der Waals surface area contributed by atoms with E-state index in [2.05, 4.69) is 28.5 Å². The fraction of sp³-hybridized carbons (Fsp3) is 0.167. The summed E-state index contributed by atoms with van der Waals surface area (Å²) in [6.07, 6.45) is 1.59. The highest BCUT2D eigenvalue weighted by Crippen LogP contribution is 2.45. The number of methoxy groups -OCH3 is 1. The largest absolute Gasteiger partial charge is 0.465 e. The van der Waals surface area contributed by atoms with Crippen LogP contribution in [0.2, 0.25) is 0 Å². The third-order valence-electron chi connectivity index (χ3n) is 6.60. The van der Waals surface area contributed by atoms with Gasteiger partial charge in [-0.2, -0.15) is 10.5 Å². The van der Waals surface area contributed by atoms with Crippen LogP contribution >= 0.6 is 23.1 Å². The summed E-state index contributed by atoms with van der Waals surface area (Å²) >= 11 is 2.59. The molecule has 2 aromatic heterocycles. The Labute approximate surface area is 239 Å². The molecule has 0 saturated carbocycles. The van der Waals surface area contributed by atoms with Crippen LogP contribution in [0.3, 0.4) is 0 Å². The van der Waals surface area contributed by atoms with Crippen molar-refractivity contribution in [2.24, 2.45) is 0 Å². The van der Waals surface area contributed by atoms with Crippen LogP contribution in [0.15, 0.2) is 59.6 Å². The van der Waals surface area contributed by atoms with Crippen LogP contribution in [-0.2, 0) is 22.4 Å². The Balaban J connectivity index is 1.37. The van der Waals surface area contributed by atoms with E-state index >= 15 is 0 Å². The minimum atomic E-state index is -0.481. The first-order chi connectivity index (χ1) is 19.5. The highest BCUT2D eigenvalue weighted by molar-refractivity contribution is 7.99. The lowest BCUT2D eigenvalue weighted by atomic mass is 9.89. The number of nitrogen functional groups attached to an aromatic ring is 1. The molecule has 2 heterocycles. The van der Waals surface area contributed by atoms with Gasteiger partial charge in [0.05, 0.1) is 18.2 Å². The van der Waals surface area contributed by atoms with E-state index in [9.17, 15) is 20.1 Å². The number of thiophene rings is 1. The Hall–Kier alpha value is -4.64. The first-order valence-corrected chi connectivity index (χ1v) is 14.2. The number of nitrogens with zero attached hydrogens (tertiary/aromatic N) is 3. The van der Waals surface area contributed by atoms with Crippen molar-refractivity contribution in [3.63, 3.8) is 0 Å². The van der Waals surface area contributed by atoms with E-state index < -0.39 is 5.97 Å². The molecule has 10 heteroatoms. The molecule has 1 aliphatic carbocycles. The summed E-state index contributed by atoms with van der Waals surface area (Å²) in [6.45, 7) is 0. The predicted molar refractivity (Wildman–Crippen MR) is 156 cm³/mol. The summed E-state index contributed by atoms with van der Waals surface area (Å²) in [5.41, 5.74) is 11.1. The number of aryl methyl sites for hydroxylation is 1. The summed E-state index contributed by atoms with van der Waals surface area (Å²) in [6, 6.07) is 21.4. The summed E-state index contributed by atoms with van der Waals surface area (Å²) in [7, 11) is 1.33. The van der Waals surface area contributed by atoms with Gasteiger partial charge in [-0.25, -0.2) is 9.78 Å². The highest BCUT2D eigenvalue weighted by atomic mass is 32.2. The average Bonchev–Trinajstić information content (AvgIpc) is 3.35. The third-order valence-corrected chi connectivity index (χ3v) is 8.76. The van der Waals surface area contributed by atoms with Crippen molar-refractivity contribution in [2.45, 2.75) is 24.3 Å². The molecule has 0 aliphatic heterocycles. The number of fused-ring (bicyclic) bond motifs is 3. The van der Waals surface area contributed by atoms with E-state index in [4.69, 9.17) is 10.5 Å². The number of carbonyl (C=O) groups is 2. The Morgan fingerprint density at radius 1 is 1.07 bits per heavy atom. The zero-order valence-corrected chi connectivity index (χ0v) is 23.1. The molecule has 0 radical (unpaired) electrons. The number of anilines is 2. The molecule has 0 atom stereocenters. The minimum Gasteiger partial charge on any atom is -0.465 e. The number of pyridine rings is 1. The third kappa shape index (κ3) is 5.03. The Morgan fingerprint density at radius 2 is 1.80 bits per heavy atom. The van der Waals surface area contributed by atoms with Crippen molar-refractivity contribution < 1.29 is 14.3 Å². The molecule has 1 aliphatic rings. The number of hydrogen-bond acceptors (Lipinski definition) is 9. The molecule has 3 N–H and O–H groups in total. The quantitative estimate of drug-likeness (QED) is 0.211. The van der Waals surface area contributed by atoms with Gasteiger partial charge in [0.15, 0.2) is 0 Å². The van der Waals surface area contributed by atoms with Crippen molar-refractivity contribution >= 4 is 45.8 Å².